The molecule has 0 amide bonds. The number of nitrogens with zero attached hydrogens (tertiary/aromatic N) is 1. The minimum atomic E-state index is 0.254. The Bertz CT molecular complexity index is 533. The third-order valence-electron chi connectivity index (χ3n) is 3.08. The maximum absolute atomic E-state index is 5.75. The third kappa shape index (κ3) is 4.76. The molecule has 0 radical (unpaired) electrons. The Morgan fingerprint density at radius 1 is 1.14 bits per heavy atom. The van der Waals surface area contributed by atoms with Crippen LogP contribution in [-0.2, 0) is 0 Å². The fourth-order valence-electron chi connectivity index (χ4n) is 2.16. The van der Waals surface area contributed by atoms with Crippen molar-refractivity contribution in [1.82, 2.24) is 10.3 Å². The second-order valence-electron chi connectivity index (χ2n) is 4.56. The van der Waals surface area contributed by atoms with Crippen LogP contribution in [0, 0.1) is 0 Å². The SMILES string of the molecule is CCNC(CSc1ccccn1)c1ccccc1OCC. The second kappa shape index (κ2) is 8.70. The van der Waals surface area contributed by atoms with Gasteiger partial charge in [-0.05, 0) is 31.7 Å². The molecule has 0 aliphatic rings. The van der Waals surface area contributed by atoms with Gasteiger partial charge in [0.2, 0.25) is 0 Å². The summed E-state index contributed by atoms with van der Waals surface area (Å²) in [4.78, 5) is 4.37. The zero-order valence-electron chi connectivity index (χ0n) is 12.6. The summed E-state index contributed by atoms with van der Waals surface area (Å²) in [5, 5.41) is 4.59. The summed E-state index contributed by atoms with van der Waals surface area (Å²) in [6, 6.07) is 14.5. The molecule has 0 saturated heterocycles. The number of nitrogens with one attached hydrogen (secondary N) is 1. The topological polar surface area (TPSA) is 34.2 Å². The maximum atomic E-state index is 5.75. The van der Waals surface area contributed by atoms with Crippen molar-refractivity contribution in [2.75, 3.05) is 18.9 Å². The number of pyridine rings is 1. The summed E-state index contributed by atoms with van der Waals surface area (Å²) < 4.78 is 5.75. The van der Waals surface area contributed by atoms with Gasteiger partial charge in [-0.2, -0.15) is 0 Å². The van der Waals surface area contributed by atoms with Gasteiger partial charge >= 0.3 is 0 Å². The molecule has 3 nitrogen and oxygen atoms in total. The Balaban J connectivity index is 2.11. The van der Waals surface area contributed by atoms with Crippen LogP contribution < -0.4 is 10.1 Å². The first-order chi connectivity index (χ1) is 10.3. The number of rotatable bonds is 8. The van der Waals surface area contributed by atoms with E-state index in [1.165, 1.54) is 5.56 Å². The molecule has 0 fully saturated rings. The van der Waals surface area contributed by atoms with E-state index >= 15 is 0 Å². The minimum absolute atomic E-state index is 0.254. The van der Waals surface area contributed by atoms with Gasteiger partial charge in [0, 0.05) is 23.6 Å². The van der Waals surface area contributed by atoms with Gasteiger partial charge in [0.05, 0.1) is 11.6 Å². The van der Waals surface area contributed by atoms with Crippen molar-refractivity contribution in [3.63, 3.8) is 0 Å². The van der Waals surface area contributed by atoms with Crippen LogP contribution in [0.25, 0.3) is 0 Å². The summed E-state index contributed by atoms with van der Waals surface area (Å²) in [5.41, 5.74) is 1.21. The molecular formula is C17H22N2OS. The Kier molecular flexibility index (Phi) is 6.57. The number of benzene rings is 1. The van der Waals surface area contributed by atoms with Crippen LogP contribution in [0.3, 0.4) is 0 Å². The Morgan fingerprint density at radius 3 is 2.67 bits per heavy atom. The van der Waals surface area contributed by atoms with Crippen molar-refractivity contribution < 1.29 is 4.74 Å². The molecule has 1 atom stereocenters. The monoisotopic (exact) mass is 302 g/mol. The van der Waals surface area contributed by atoms with Crippen molar-refractivity contribution in [2.45, 2.75) is 24.9 Å². The van der Waals surface area contributed by atoms with E-state index in [2.05, 4.69) is 29.4 Å². The lowest BCUT2D eigenvalue weighted by atomic mass is 10.1. The zero-order valence-corrected chi connectivity index (χ0v) is 13.4. The molecule has 0 aliphatic heterocycles. The lowest BCUT2D eigenvalue weighted by Gasteiger charge is -2.20. The Hall–Kier alpha value is -1.52. The first-order valence-electron chi connectivity index (χ1n) is 7.34. The van der Waals surface area contributed by atoms with E-state index < -0.39 is 0 Å². The molecule has 1 unspecified atom stereocenters. The highest BCUT2D eigenvalue weighted by Crippen LogP contribution is 2.29. The molecule has 0 aliphatic carbocycles. The lowest BCUT2D eigenvalue weighted by molar-refractivity contribution is 0.333. The Labute approximate surface area is 131 Å². The van der Waals surface area contributed by atoms with Crippen LogP contribution in [0.4, 0.5) is 0 Å². The highest BCUT2D eigenvalue weighted by atomic mass is 32.2. The van der Waals surface area contributed by atoms with Gasteiger partial charge in [0.25, 0.3) is 0 Å². The number of hydrogen-bond donors (Lipinski definition) is 1. The minimum Gasteiger partial charge on any atom is -0.494 e. The van der Waals surface area contributed by atoms with E-state index in [0.29, 0.717) is 6.61 Å². The molecule has 1 N–H and O–H groups in total. The molecule has 0 bridgehead atoms. The average molecular weight is 302 g/mol. The van der Waals surface area contributed by atoms with Crippen LogP contribution >= 0.6 is 11.8 Å². The van der Waals surface area contributed by atoms with Crippen LogP contribution in [0.1, 0.15) is 25.5 Å². The smallest absolute Gasteiger partial charge is 0.124 e. The molecule has 21 heavy (non-hydrogen) atoms. The number of ether oxygens (including phenoxy) is 1. The summed E-state index contributed by atoms with van der Waals surface area (Å²) in [6.07, 6.45) is 1.83. The van der Waals surface area contributed by atoms with Crippen molar-refractivity contribution in [2.24, 2.45) is 0 Å². The summed E-state index contributed by atoms with van der Waals surface area (Å²) in [7, 11) is 0. The summed E-state index contributed by atoms with van der Waals surface area (Å²) in [5.74, 6) is 1.89. The van der Waals surface area contributed by atoms with Gasteiger partial charge in [-0.1, -0.05) is 31.2 Å². The fourth-order valence-corrected chi connectivity index (χ4v) is 3.11. The van der Waals surface area contributed by atoms with Gasteiger partial charge in [-0.15, -0.1) is 11.8 Å². The summed E-state index contributed by atoms with van der Waals surface area (Å²) in [6.45, 7) is 5.75. The zero-order chi connectivity index (χ0) is 14.9. The largest absolute Gasteiger partial charge is 0.494 e. The molecule has 0 saturated carbocycles. The van der Waals surface area contributed by atoms with Crippen molar-refractivity contribution >= 4 is 11.8 Å². The molecule has 1 aromatic heterocycles. The molecule has 1 heterocycles. The molecule has 4 heteroatoms. The maximum Gasteiger partial charge on any atom is 0.124 e. The number of hydrogen-bond acceptors (Lipinski definition) is 4. The summed E-state index contributed by atoms with van der Waals surface area (Å²) >= 11 is 1.76. The van der Waals surface area contributed by atoms with Crippen LogP contribution in [0.15, 0.2) is 53.7 Å². The molecule has 2 aromatic rings. The van der Waals surface area contributed by atoms with Crippen LogP contribution in [0.2, 0.25) is 0 Å². The average Bonchev–Trinajstić information content (AvgIpc) is 2.53. The van der Waals surface area contributed by atoms with Gasteiger partial charge in [-0.3, -0.25) is 0 Å². The molecular weight excluding hydrogens is 280 g/mol. The fraction of sp³-hybridized carbons (Fsp3) is 0.353. The quantitative estimate of drug-likeness (QED) is 0.749. The predicted octanol–water partition coefficient (Wildman–Crippen LogP) is 3.92. The van der Waals surface area contributed by atoms with E-state index in [9.17, 15) is 0 Å². The Morgan fingerprint density at radius 2 is 1.95 bits per heavy atom. The number of thioether (sulfide) groups is 1. The highest BCUT2D eigenvalue weighted by molar-refractivity contribution is 7.99. The van der Waals surface area contributed by atoms with E-state index in [1.54, 1.807) is 11.8 Å². The van der Waals surface area contributed by atoms with Gasteiger partial charge in [-0.25, -0.2) is 4.98 Å². The normalized spacial score (nSPS) is 12.1. The van der Waals surface area contributed by atoms with E-state index in [-0.39, 0.29) is 6.04 Å². The van der Waals surface area contributed by atoms with Crippen LogP contribution in [0.5, 0.6) is 5.75 Å². The molecule has 112 valence electrons. The number of para-hydroxylation sites is 1. The van der Waals surface area contributed by atoms with E-state index in [4.69, 9.17) is 4.74 Å². The van der Waals surface area contributed by atoms with Gasteiger partial charge in [0.1, 0.15) is 5.75 Å². The standard InChI is InChI=1S/C17H22N2OS/c1-3-18-15(13-21-17-11-7-8-12-19-17)14-9-5-6-10-16(14)20-4-2/h5-12,15,18H,3-4,13H2,1-2H3. The molecule has 0 spiro atoms. The molecule has 1 aromatic carbocycles. The molecule has 2 rings (SSSR count). The predicted molar refractivity (Wildman–Crippen MR) is 89.0 cm³/mol. The second-order valence-corrected chi connectivity index (χ2v) is 5.60. The van der Waals surface area contributed by atoms with Crippen LogP contribution in [-0.4, -0.2) is 23.9 Å². The van der Waals surface area contributed by atoms with Gasteiger partial charge in [0.15, 0.2) is 0 Å². The van der Waals surface area contributed by atoms with Crippen molar-refractivity contribution in [3.05, 3.63) is 54.2 Å². The highest BCUT2D eigenvalue weighted by Gasteiger charge is 2.15. The van der Waals surface area contributed by atoms with E-state index in [0.717, 1.165) is 23.1 Å². The van der Waals surface area contributed by atoms with Crippen molar-refractivity contribution in [3.8, 4) is 5.75 Å². The van der Waals surface area contributed by atoms with Crippen molar-refractivity contribution in [1.29, 1.82) is 0 Å². The third-order valence-corrected chi connectivity index (χ3v) is 4.12. The first-order valence-corrected chi connectivity index (χ1v) is 8.32. The lowest BCUT2D eigenvalue weighted by Crippen LogP contribution is -2.23. The number of aromatic nitrogens is 1. The van der Waals surface area contributed by atoms with E-state index in [1.807, 2.05) is 43.5 Å². The van der Waals surface area contributed by atoms with Gasteiger partial charge < -0.3 is 10.1 Å². The first kappa shape index (κ1) is 15.9.